The number of hydrogen-bond donors (Lipinski definition) is 1. The van der Waals surface area contributed by atoms with Crippen LogP contribution in [-0.2, 0) is 6.42 Å². The number of halogens is 2. The van der Waals surface area contributed by atoms with Gasteiger partial charge in [0, 0.05) is 6.42 Å². The van der Waals surface area contributed by atoms with Gasteiger partial charge in [-0.25, -0.2) is 13.8 Å². The van der Waals surface area contributed by atoms with Crippen molar-refractivity contribution in [3.8, 4) is 6.01 Å². The van der Waals surface area contributed by atoms with E-state index in [1.807, 2.05) is 0 Å². The summed E-state index contributed by atoms with van der Waals surface area (Å²) in [6.07, 6.45) is 1.52. The van der Waals surface area contributed by atoms with E-state index < -0.39 is 5.82 Å². The molecule has 0 unspecified atom stereocenters. The fourth-order valence-corrected chi connectivity index (χ4v) is 1.34. The fraction of sp³-hybridized carbons (Fsp3) is 0.167. The minimum absolute atomic E-state index is 0.0241. The number of nitrogens with zero attached hydrogens (tertiary/aromatic N) is 2. The van der Waals surface area contributed by atoms with Gasteiger partial charge in [0.2, 0.25) is 0 Å². The van der Waals surface area contributed by atoms with Crippen molar-refractivity contribution >= 4 is 5.82 Å². The molecule has 0 atom stereocenters. The van der Waals surface area contributed by atoms with Crippen LogP contribution in [0.15, 0.2) is 30.5 Å². The Kier molecular flexibility index (Phi) is 3.66. The molecule has 1 aromatic heterocycles. The second-order valence-corrected chi connectivity index (χ2v) is 3.61. The molecule has 94 valence electrons. The molecule has 1 aromatic carbocycles. The van der Waals surface area contributed by atoms with E-state index in [-0.39, 0.29) is 17.6 Å². The third-order valence-corrected chi connectivity index (χ3v) is 2.28. The van der Waals surface area contributed by atoms with E-state index in [1.54, 1.807) is 12.1 Å². The first-order chi connectivity index (χ1) is 8.65. The summed E-state index contributed by atoms with van der Waals surface area (Å²) < 4.78 is 30.7. The van der Waals surface area contributed by atoms with E-state index in [0.29, 0.717) is 13.0 Å². The molecule has 2 aromatic rings. The summed E-state index contributed by atoms with van der Waals surface area (Å²) in [5, 5.41) is 0. The zero-order valence-electron chi connectivity index (χ0n) is 9.44. The Balaban J connectivity index is 1.88. The Morgan fingerprint density at radius 1 is 1.17 bits per heavy atom. The summed E-state index contributed by atoms with van der Waals surface area (Å²) in [6, 6.07) is 6.11. The Morgan fingerprint density at radius 3 is 2.56 bits per heavy atom. The number of aromatic nitrogens is 2. The first-order valence-corrected chi connectivity index (χ1v) is 5.30. The fourth-order valence-electron chi connectivity index (χ4n) is 1.34. The van der Waals surface area contributed by atoms with Crippen molar-refractivity contribution < 1.29 is 13.5 Å². The number of hydrogen-bond acceptors (Lipinski definition) is 4. The average Bonchev–Trinajstić information content (AvgIpc) is 2.36. The molecule has 2 rings (SSSR count). The highest BCUT2D eigenvalue weighted by Crippen LogP contribution is 2.10. The molecule has 4 nitrogen and oxygen atoms in total. The van der Waals surface area contributed by atoms with E-state index in [4.69, 9.17) is 10.5 Å². The summed E-state index contributed by atoms with van der Waals surface area (Å²) in [5.74, 6) is -1.21. The second-order valence-electron chi connectivity index (χ2n) is 3.61. The van der Waals surface area contributed by atoms with Crippen molar-refractivity contribution in [2.75, 3.05) is 12.3 Å². The Hall–Kier alpha value is -2.24. The summed E-state index contributed by atoms with van der Waals surface area (Å²) >= 11 is 0. The van der Waals surface area contributed by atoms with Gasteiger partial charge in [0.05, 0.1) is 12.8 Å². The predicted octanol–water partition coefficient (Wildman–Crippen LogP) is 1.96. The highest BCUT2D eigenvalue weighted by atomic mass is 19.1. The van der Waals surface area contributed by atoms with Gasteiger partial charge in [-0.1, -0.05) is 12.1 Å². The molecule has 0 bridgehead atoms. The lowest BCUT2D eigenvalue weighted by Crippen LogP contribution is -2.06. The lowest BCUT2D eigenvalue weighted by Gasteiger charge is -2.05. The molecule has 18 heavy (non-hydrogen) atoms. The third-order valence-electron chi connectivity index (χ3n) is 2.28. The molecule has 0 spiro atoms. The van der Waals surface area contributed by atoms with Gasteiger partial charge in [-0.05, 0) is 17.7 Å². The maximum atomic E-state index is 12.8. The molecule has 0 amide bonds. The zero-order chi connectivity index (χ0) is 13.0. The molecule has 0 radical (unpaired) electrons. The molecule has 0 aliphatic heterocycles. The van der Waals surface area contributed by atoms with E-state index >= 15 is 0 Å². The minimum Gasteiger partial charge on any atom is -0.463 e. The lowest BCUT2D eigenvalue weighted by atomic mass is 10.2. The number of rotatable bonds is 4. The first-order valence-electron chi connectivity index (χ1n) is 5.30. The molecule has 0 fully saturated rings. The summed E-state index contributed by atoms with van der Waals surface area (Å²) in [6.45, 7) is 0.302. The molecular weight excluding hydrogens is 240 g/mol. The topological polar surface area (TPSA) is 61.0 Å². The van der Waals surface area contributed by atoms with Crippen LogP contribution < -0.4 is 10.5 Å². The van der Waals surface area contributed by atoms with Crippen LogP contribution >= 0.6 is 0 Å². The predicted molar refractivity (Wildman–Crippen MR) is 62.0 cm³/mol. The van der Waals surface area contributed by atoms with E-state index in [2.05, 4.69) is 9.97 Å². The van der Waals surface area contributed by atoms with Crippen molar-refractivity contribution in [2.24, 2.45) is 0 Å². The Morgan fingerprint density at radius 2 is 1.89 bits per heavy atom. The van der Waals surface area contributed by atoms with Gasteiger partial charge >= 0.3 is 6.01 Å². The van der Waals surface area contributed by atoms with Crippen LogP contribution in [0.25, 0.3) is 0 Å². The maximum absolute atomic E-state index is 12.8. The highest BCUT2D eigenvalue weighted by molar-refractivity contribution is 5.29. The molecule has 0 aliphatic carbocycles. The lowest BCUT2D eigenvalue weighted by molar-refractivity contribution is 0.295. The van der Waals surface area contributed by atoms with Crippen molar-refractivity contribution in [1.82, 2.24) is 9.97 Å². The summed E-state index contributed by atoms with van der Waals surface area (Å²) in [5.41, 5.74) is 6.20. The van der Waals surface area contributed by atoms with Gasteiger partial charge in [-0.15, -0.1) is 0 Å². The highest BCUT2D eigenvalue weighted by Gasteiger charge is 2.04. The van der Waals surface area contributed by atoms with Gasteiger partial charge < -0.3 is 10.5 Å². The molecular formula is C12H11F2N3O. The van der Waals surface area contributed by atoms with E-state index in [0.717, 1.165) is 11.8 Å². The van der Waals surface area contributed by atoms with E-state index in [9.17, 15) is 8.78 Å². The van der Waals surface area contributed by atoms with Crippen molar-refractivity contribution in [1.29, 1.82) is 0 Å². The first kappa shape index (κ1) is 12.2. The van der Waals surface area contributed by atoms with Gasteiger partial charge in [0.25, 0.3) is 0 Å². The van der Waals surface area contributed by atoms with Crippen molar-refractivity contribution in [3.63, 3.8) is 0 Å². The Bertz CT molecular complexity index is 531. The average molecular weight is 251 g/mol. The normalized spacial score (nSPS) is 10.3. The maximum Gasteiger partial charge on any atom is 0.318 e. The molecule has 0 saturated heterocycles. The standard InChI is InChI=1S/C12H11F2N3O/c13-9-3-1-8(2-4-9)5-6-18-12-16-7-10(14)11(15)17-12/h1-4,7H,5-6H2,(H2,15,16,17). The van der Waals surface area contributed by atoms with Gasteiger partial charge in [-0.2, -0.15) is 4.98 Å². The number of anilines is 1. The van der Waals surface area contributed by atoms with Crippen LogP contribution in [0.1, 0.15) is 5.56 Å². The van der Waals surface area contributed by atoms with Gasteiger partial charge in [-0.3, -0.25) is 0 Å². The zero-order valence-corrected chi connectivity index (χ0v) is 9.44. The monoisotopic (exact) mass is 251 g/mol. The number of nitrogens with two attached hydrogens (primary N) is 1. The quantitative estimate of drug-likeness (QED) is 0.902. The molecule has 6 heteroatoms. The van der Waals surface area contributed by atoms with Crippen LogP contribution in [0.4, 0.5) is 14.6 Å². The minimum atomic E-state index is -0.680. The van der Waals surface area contributed by atoms with Crippen LogP contribution in [-0.4, -0.2) is 16.6 Å². The second kappa shape index (κ2) is 5.39. The third kappa shape index (κ3) is 3.13. The molecule has 1 heterocycles. The molecule has 2 N–H and O–H groups in total. The summed E-state index contributed by atoms with van der Waals surface area (Å²) in [7, 11) is 0. The smallest absolute Gasteiger partial charge is 0.318 e. The van der Waals surface area contributed by atoms with Crippen LogP contribution in [0.5, 0.6) is 6.01 Å². The Labute approximate surface area is 102 Å². The largest absolute Gasteiger partial charge is 0.463 e. The SMILES string of the molecule is Nc1nc(OCCc2ccc(F)cc2)ncc1F. The number of nitrogen functional groups attached to an aromatic ring is 1. The van der Waals surface area contributed by atoms with Gasteiger partial charge in [0.1, 0.15) is 5.82 Å². The van der Waals surface area contributed by atoms with Gasteiger partial charge in [0.15, 0.2) is 11.6 Å². The van der Waals surface area contributed by atoms with Crippen LogP contribution in [0.2, 0.25) is 0 Å². The van der Waals surface area contributed by atoms with Crippen LogP contribution in [0.3, 0.4) is 0 Å². The number of ether oxygens (including phenoxy) is 1. The molecule has 0 saturated carbocycles. The van der Waals surface area contributed by atoms with Crippen LogP contribution in [0, 0.1) is 11.6 Å². The van der Waals surface area contributed by atoms with Crippen molar-refractivity contribution in [3.05, 3.63) is 47.7 Å². The van der Waals surface area contributed by atoms with Crippen molar-refractivity contribution in [2.45, 2.75) is 6.42 Å². The van der Waals surface area contributed by atoms with E-state index in [1.165, 1.54) is 12.1 Å². The summed E-state index contributed by atoms with van der Waals surface area (Å²) in [4.78, 5) is 7.26. The molecule has 0 aliphatic rings. The number of benzene rings is 1.